The summed E-state index contributed by atoms with van der Waals surface area (Å²) in [5.41, 5.74) is 2.55. The fourth-order valence-electron chi connectivity index (χ4n) is 6.49. The van der Waals surface area contributed by atoms with E-state index in [4.69, 9.17) is 5.11 Å². The molecule has 0 radical (unpaired) electrons. The molecule has 0 bridgehead atoms. The monoisotopic (exact) mass is 913 g/mol. The smallest absolute Gasteiger partial charge is 0.305 e. The first-order valence-corrected chi connectivity index (χ1v) is 20.7. The van der Waals surface area contributed by atoms with Crippen LogP contribution in [0.4, 0.5) is 0 Å². The van der Waals surface area contributed by atoms with Gasteiger partial charge in [0.2, 0.25) is 47.3 Å². The summed E-state index contributed by atoms with van der Waals surface area (Å²) in [4.78, 5) is 154. The van der Waals surface area contributed by atoms with E-state index in [0.29, 0.717) is 12.8 Å². The molecule has 0 spiro atoms. The number of hydrogen-bond acceptors (Lipinski definition) is 13. The third-order valence-corrected chi connectivity index (χ3v) is 9.82. The summed E-state index contributed by atoms with van der Waals surface area (Å²) < 4.78 is 0. The quantitative estimate of drug-likeness (QED) is 0.0400. The summed E-state index contributed by atoms with van der Waals surface area (Å²) in [6.45, 7) is 11.8. The van der Waals surface area contributed by atoms with E-state index in [9.17, 15) is 72.9 Å². The number of aliphatic hydroxyl groups excluding tert-OH is 1. The molecule has 0 aliphatic carbocycles. The number of hydrogen-bond donors (Lipinski definition) is 11. The molecule has 11 N–H and O–H groups in total. The van der Waals surface area contributed by atoms with Crippen molar-refractivity contribution in [3.63, 3.8) is 0 Å². The molecule has 8 atom stereocenters. The van der Waals surface area contributed by atoms with E-state index < -0.39 is 157 Å². The molecule has 0 unspecified atom stereocenters. The third kappa shape index (κ3) is 18.1. The Kier molecular flexibility index (Phi) is 22.8. The SMILES string of the molecule is CCCN(NC(=O)[C@@H]1CCCN1C(=O)[C@@H](NC(=O)[C@@H](NC(=O)[C@H](CC(=O)O)NC(=O)[C@H](CCC(=O)O)NC(=O)[C@@H](NC(=O)[C@H](CC(=O)O)NC(C)=O)[C@@H](C)O)C(C)C)C(C)C)C(C)=O. The maximum atomic E-state index is 13.9. The number of rotatable bonds is 25. The minimum absolute atomic E-state index is 0.166. The number of aliphatic carboxylic acids is 3. The van der Waals surface area contributed by atoms with Crippen LogP contribution in [0.2, 0.25) is 0 Å². The lowest BCUT2D eigenvalue weighted by atomic mass is 9.98. The number of amides is 9. The van der Waals surface area contributed by atoms with Crippen LogP contribution < -0.4 is 37.3 Å². The molecular formula is C39H63N9O16. The Bertz CT molecular complexity index is 1740. The second-order valence-corrected chi connectivity index (χ2v) is 16.0. The van der Waals surface area contributed by atoms with Gasteiger partial charge in [-0.05, 0) is 44.4 Å². The second kappa shape index (κ2) is 26.3. The Hall–Kier alpha value is -6.40. The molecular weight excluding hydrogens is 850 g/mol. The van der Waals surface area contributed by atoms with E-state index in [-0.39, 0.29) is 19.5 Å². The lowest BCUT2D eigenvalue weighted by molar-refractivity contribution is -0.147. The first kappa shape index (κ1) is 55.6. The first-order chi connectivity index (χ1) is 29.7. The summed E-state index contributed by atoms with van der Waals surface area (Å²) in [6, 6.07) is -11.1. The summed E-state index contributed by atoms with van der Waals surface area (Å²) >= 11 is 0. The molecule has 1 aliphatic rings. The molecule has 1 aliphatic heterocycles. The highest BCUT2D eigenvalue weighted by Crippen LogP contribution is 2.21. The topological polar surface area (TPSA) is 376 Å². The highest BCUT2D eigenvalue weighted by molar-refractivity contribution is 5.99. The number of aliphatic hydroxyl groups is 1. The molecule has 1 heterocycles. The number of likely N-dealkylation sites (tertiary alicyclic amines) is 1. The molecule has 1 fully saturated rings. The molecule has 360 valence electrons. The van der Waals surface area contributed by atoms with Crippen LogP contribution >= 0.6 is 0 Å². The number of carbonyl (C=O) groups excluding carboxylic acids is 9. The Morgan fingerprint density at radius 3 is 1.55 bits per heavy atom. The fourth-order valence-corrected chi connectivity index (χ4v) is 6.49. The third-order valence-electron chi connectivity index (χ3n) is 9.82. The minimum atomic E-state index is -1.96. The van der Waals surface area contributed by atoms with Crippen molar-refractivity contribution in [1.82, 2.24) is 47.2 Å². The number of carbonyl (C=O) groups is 12. The number of hydrazine groups is 1. The normalized spacial score (nSPS) is 16.7. The van der Waals surface area contributed by atoms with E-state index in [2.05, 4.69) is 37.3 Å². The Morgan fingerprint density at radius 2 is 1.09 bits per heavy atom. The zero-order chi connectivity index (χ0) is 49.2. The van der Waals surface area contributed by atoms with Crippen LogP contribution in [0, 0.1) is 11.8 Å². The standard InChI is InChI=1S/C39H63N9O16/c1-9-14-48(22(8)51)46-36(61)26-11-10-15-47(26)39(64)31(19(4)5)44-37(62)30(18(2)3)43-35(60)25(17-29(56)57)42-33(58)23(12-13-27(52)53)41-38(63)32(20(6)49)45-34(59)24(16-28(54)55)40-21(7)50/h18-20,23-26,30-32,49H,9-17H2,1-8H3,(H,40,50)(H,41,63)(H,42,58)(H,43,60)(H,44,62)(H,45,59)(H,46,61)(H,52,53)(H,54,55)(H,56,57)/t20-,23+,24+,25+,26+,30+,31+,32+/m1/s1. The largest absolute Gasteiger partial charge is 0.481 e. The molecule has 25 nitrogen and oxygen atoms in total. The van der Waals surface area contributed by atoms with Crippen molar-refractivity contribution in [2.45, 2.75) is 149 Å². The minimum Gasteiger partial charge on any atom is -0.481 e. The molecule has 0 aromatic heterocycles. The lowest BCUT2D eigenvalue weighted by Gasteiger charge is -2.33. The highest BCUT2D eigenvalue weighted by Gasteiger charge is 2.41. The molecule has 9 amide bonds. The van der Waals surface area contributed by atoms with Gasteiger partial charge in [-0.25, -0.2) is 0 Å². The summed E-state index contributed by atoms with van der Waals surface area (Å²) in [7, 11) is 0. The maximum absolute atomic E-state index is 13.9. The van der Waals surface area contributed by atoms with Crippen molar-refractivity contribution in [1.29, 1.82) is 0 Å². The van der Waals surface area contributed by atoms with Gasteiger partial charge in [0.25, 0.3) is 5.91 Å². The fraction of sp³-hybridized carbons (Fsp3) is 0.692. The Labute approximate surface area is 369 Å². The Morgan fingerprint density at radius 1 is 0.625 bits per heavy atom. The lowest BCUT2D eigenvalue weighted by Crippen LogP contribution is -2.62. The molecule has 1 rings (SSSR count). The molecule has 0 saturated carbocycles. The van der Waals surface area contributed by atoms with Crippen LogP contribution in [0.5, 0.6) is 0 Å². The zero-order valence-corrected chi connectivity index (χ0v) is 37.2. The summed E-state index contributed by atoms with van der Waals surface area (Å²) in [5.74, 6) is -14.2. The molecule has 25 heteroatoms. The van der Waals surface area contributed by atoms with E-state index in [1.807, 2.05) is 6.92 Å². The van der Waals surface area contributed by atoms with E-state index in [0.717, 1.165) is 18.9 Å². The first-order valence-electron chi connectivity index (χ1n) is 20.7. The van der Waals surface area contributed by atoms with Crippen molar-refractivity contribution in [2.75, 3.05) is 13.1 Å². The predicted octanol–water partition coefficient (Wildman–Crippen LogP) is -3.30. The average molecular weight is 914 g/mol. The molecule has 1 saturated heterocycles. The maximum Gasteiger partial charge on any atom is 0.305 e. The van der Waals surface area contributed by atoms with Gasteiger partial charge in [-0.1, -0.05) is 34.6 Å². The van der Waals surface area contributed by atoms with Crippen LogP contribution in [-0.2, 0) is 57.5 Å². The van der Waals surface area contributed by atoms with Gasteiger partial charge in [-0.2, -0.15) is 0 Å². The Balaban J connectivity index is 3.34. The van der Waals surface area contributed by atoms with Crippen LogP contribution in [0.25, 0.3) is 0 Å². The van der Waals surface area contributed by atoms with E-state index >= 15 is 0 Å². The van der Waals surface area contributed by atoms with Gasteiger partial charge < -0.3 is 57.2 Å². The number of carboxylic acid groups (broad SMARTS) is 3. The number of nitrogens with zero attached hydrogens (tertiary/aromatic N) is 2. The number of nitrogens with one attached hydrogen (secondary N) is 7. The second-order valence-electron chi connectivity index (χ2n) is 16.0. The molecule has 0 aromatic rings. The van der Waals surface area contributed by atoms with Gasteiger partial charge in [0.1, 0.15) is 42.3 Å². The molecule has 64 heavy (non-hydrogen) atoms. The van der Waals surface area contributed by atoms with Crippen molar-refractivity contribution < 1.29 is 78.0 Å². The van der Waals surface area contributed by atoms with Crippen molar-refractivity contribution in [3.05, 3.63) is 0 Å². The van der Waals surface area contributed by atoms with Crippen LogP contribution in [0.15, 0.2) is 0 Å². The van der Waals surface area contributed by atoms with Crippen molar-refractivity contribution >= 4 is 71.1 Å². The van der Waals surface area contributed by atoms with E-state index in [1.165, 1.54) is 25.7 Å². The van der Waals surface area contributed by atoms with Crippen molar-refractivity contribution in [2.24, 2.45) is 11.8 Å². The average Bonchev–Trinajstić information content (AvgIpc) is 3.67. The summed E-state index contributed by atoms with van der Waals surface area (Å²) in [5, 5.41) is 53.0. The predicted molar refractivity (Wildman–Crippen MR) is 221 cm³/mol. The van der Waals surface area contributed by atoms with Gasteiger partial charge in [0.05, 0.1) is 18.9 Å². The highest BCUT2D eigenvalue weighted by atomic mass is 16.4. The van der Waals surface area contributed by atoms with Crippen LogP contribution in [0.3, 0.4) is 0 Å². The van der Waals surface area contributed by atoms with Gasteiger partial charge in [-0.15, -0.1) is 0 Å². The zero-order valence-electron chi connectivity index (χ0n) is 37.2. The molecule has 0 aromatic carbocycles. The summed E-state index contributed by atoms with van der Waals surface area (Å²) in [6.07, 6.45) is -3.90. The van der Waals surface area contributed by atoms with Gasteiger partial charge in [0, 0.05) is 33.4 Å². The van der Waals surface area contributed by atoms with Gasteiger partial charge in [-0.3, -0.25) is 68.0 Å². The van der Waals surface area contributed by atoms with E-state index in [1.54, 1.807) is 13.8 Å². The van der Waals surface area contributed by atoms with Crippen LogP contribution in [0.1, 0.15) is 100 Å². The van der Waals surface area contributed by atoms with Crippen LogP contribution in [-0.4, -0.2) is 163 Å². The van der Waals surface area contributed by atoms with Gasteiger partial charge >= 0.3 is 17.9 Å². The number of carboxylic acids is 3. The van der Waals surface area contributed by atoms with Crippen molar-refractivity contribution in [3.8, 4) is 0 Å². The van der Waals surface area contributed by atoms with Gasteiger partial charge in [0.15, 0.2) is 0 Å².